The topological polar surface area (TPSA) is 95.9 Å². The average Bonchev–Trinajstić information content (AvgIpc) is 2.33. The molecule has 0 atom stereocenters. The molecule has 6 heteroatoms. The number of carboxylic acid groups (broad SMARTS) is 1. The van der Waals surface area contributed by atoms with Crippen molar-refractivity contribution in [3.63, 3.8) is 0 Å². The zero-order valence-electron chi connectivity index (χ0n) is 10.7. The molecule has 3 N–H and O–H groups in total. The van der Waals surface area contributed by atoms with E-state index in [4.69, 9.17) is 9.84 Å². The molecule has 1 aromatic carbocycles. The number of hydrogen-bond donors (Lipinski definition) is 3. The van der Waals surface area contributed by atoms with Crippen molar-refractivity contribution in [2.75, 3.05) is 11.9 Å². The molecule has 104 valence electrons. The third-order valence-electron chi connectivity index (χ3n) is 2.38. The van der Waals surface area contributed by atoms with E-state index in [1.807, 2.05) is 6.92 Å². The first-order chi connectivity index (χ1) is 9.02. The van der Waals surface area contributed by atoms with Crippen LogP contribution in [0.25, 0.3) is 0 Å². The maximum atomic E-state index is 11.4. The summed E-state index contributed by atoms with van der Waals surface area (Å²) >= 11 is 0. The van der Waals surface area contributed by atoms with Gasteiger partial charge in [-0.1, -0.05) is 19.4 Å². The minimum absolute atomic E-state index is 0.137. The summed E-state index contributed by atoms with van der Waals surface area (Å²) < 4.78 is 4.88. The summed E-state index contributed by atoms with van der Waals surface area (Å²) in [7, 11) is 0. The highest BCUT2D eigenvalue weighted by Crippen LogP contribution is 2.24. The highest BCUT2D eigenvalue weighted by Gasteiger charge is 2.09. The van der Waals surface area contributed by atoms with Crippen molar-refractivity contribution in [1.82, 2.24) is 0 Å². The molecule has 0 aromatic heterocycles. The number of amides is 1. The lowest BCUT2D eigenvalue weighted by Crippen LogP contribution is -2.14. The Kier molecular flexibility index (Phi) is 5.66. The Bertz CT molecular complexity index is 458. The number of aromatic hydroxyl groups is 1. The zero-order chi connectivity index (χ0) is 14.3. The summed E-state index contributed by atoms with van der Waals surface area (Å²) in [5, 5.41) is 20.6. The third kappa shape index (κ3) is 5.29. The molecule has 0 aliphatic rings. The van der Waals surface area contributed by atoms with Crippen LogP contribution in [0.3, 0.4) is 0 Å². The summed E-state index contributed by atoms with van der Waals surface area (Å²) in [6, 6.07) is 4.22. The molecule has 0 fully saturated rings. The van der Waals surface area contributed by atoms with Gasteiger partial charge in [-0.3, -0.25) is 10.1 Å². The van der Waals surface area contributed by atoms with Gasteiger partial charge in [0, 0.05) is 0 Å². The summed E-state index contributed by atoms with van der Waals surface area (Å²) in [5.74, 6) is -1.12. The summed E-state index contributed by atoms with van der Waals surface area (Å²) in [4.78, 5) is 22.0. The van der Waals surface area contributed by atoms with Crippen molar-refractivity contribution in [2.45, 2.75) is 26.2 Å². The smallest absolute Gasteiger partial charge is 0.411 e. The van der Waals surface area contributed by atoms with Crippen LogP contribution in [0.2, 0.25) is 0 Å². The van der Waals surface area contributed by atoms with Crippen molar-refractivity contribution in [3.05, 3.63) is 23.8 Å². The first-order valence-corrected chi connectivity index (χ1v) is 6.00. The van der Waals surface area contributed by atoms with E-state index in [-0.39, 0.29) is 17.9 Å². The van der Waals surface area contributed by atoms with E-state index in [1.54, 1.807) is 0 Å². The number of phenols is 1. The van der Waals surface area contributed by atoms with Crippen molar-refractivity contribution in [2.24, 2.45) is 0 Å². The number of aliphatic carboxylic acids is 1. The largest absolute Gasteiger partial charge is 0.506 e. The Morgan fingerprint density at radius 3 is 2.74 bits per heavy atom. The molecule has 1 rings (SSSR count). The molecule has 0 saturated carbocycles. The monoisotopic (exact) mass is 267 g/mol. The molecule has 1 aromatic rings. The molecule has 0 spiro atoms. The van der Waals surface area contributed by atoms with Gasteiger partial charge in [0.05, 0.1) is 18.7 Å². The van der Waals surface area contributed by atoms with Crippen molar-refractivity contribution in [1.29, 1.82) is 0 Å². The van der Waals surface area contributed by atoms with Gasteiger partial charge in [0.15, 0.2) is 0 Å². The van der Waals surface area contributed by atoms with Crippen molar-refractivity contribution >= 4 is 17.7 Å². The lowest BCUT2D eigenvalue weighted by molar-refractivity contribution is -0.136. The van der Waals surface area contributed by atoms with Crippen LogP contribution in [-0.4, -0.2) is 28.9 Å². The van der Waals surface area contributed by atoms with Crippen LogP contribution in [0.4, 0.5) is 10.5 Å². The summed E-state index contributed by atoms with van der Waals surface area (Å²) in [6.07, 6.45) is 0.821. The molecule has 6 nitrogen and oxygen atoms in total. The van der Waals surface area contributed by atoms with Crippen molar-refractivity contribution in [3.8, 4) is 5.75 Å². The van der Waals surface area contributed by atoms with Crippen LogP contribution in [-0.2, 0) is 16.0 Å². The van der Waals surface area contributed by atoms with Gasteiger partial charge >= 0.3 is 12.1 Å². The van der Waals surface area contributed by atoms with Gasteiger partial charge < -0.3 is 14.9 Å². The fourth-order valence-corrected chi connectivity index (χ4v) is 1.42. The van der Waals surface area contributed by atoms with Gasteiger partial charge in [0.2, 0.25) is 0 Å². The fraction of sp³-hybridized carbons (Fsp3) is 0.385. The highest BCUT2D eigenvalue weighted by atomic mass is 16.5. The molecule has 0 bridgehead atoms. The maximum absolute atomic E-state index is 11.4. The number of anilines is 1. The van der Waals surface area contributed by atoms with Gasteiger partial charge in [-0.2, -0.15) is 0 Å². The van der Waals surface area contributed by atoms with E-state index in [9.17, 15) is 14.7 Å². The molecule has 0 radical (unpaired) electrons. The Morgan fingerprint density at radius 2 is 2.11 bits per heavy atom. The summed E-state index contributed by atoms with van der Waals surface area (Å²) in [6.45, 7) is 2.28. The molecule has 19 heavy (non-hydrogen) atoms. The minimum Gasteiger partial charge on any atom is -0.506 e. The van der Waals surface area contributed by atoms with E-state index >= 15 is 0 Å². The molecule has 0 heterocycles. The molecule has 0 aliphatic heterocycles. The second-order valence-electron chi connectivity index (χ2n) is 4.04. The van der Waals surface area contributed by atoms with Gasteiger partial charge in [0.25, 0.3) is 0 Å². The number of unbranched alkanes of at least 4 members (excludes halogenated alkanes) is 1. The number of benzene rings is 1. The Hall–Kier alpha value is -2.24. The van der Waals surface area contributed by atoms with Crippen LogP contribution in [0.1, 0.15) is 25.3 Å². The van der Waals surface area contributed by atoms with E-state index in [1.165, 1.54) is 18.2 Å². The minimum atomic E-state index is -0.984. The number of carbonyl (C=O) groups is 2. The quantitative estimate of drug-likeness (QED) is 0.543. The highest BCUT2D eigenvalue weighted by molar-refractivity contribution is 5.87. The molecule has 1 amide bonds. The van der Waals surface area contributed by atoms with Crippen LogP contribution in [0.5, 0.6) is 5.75 Å². The predicted octanol–water partition coefficient (Wildman–Crippen LogP) is 2.37. The van der Waals surface area contributed by atoms with Crippen LogP contribution in [0.15, 0.2) is 18.2 Å². The van der Waals surface area contributed by atoms with Crippen molar-refractivity contribution < 1.29 is 24.5 Å². The number of nitrogens with one attached hydrogen (secondary N) is 1. The molecule has 0 aliphatic carbocycles. The van der Waals surface area contributed by atoms with Crippen LogP contribution >= 0.6 is 0 Å². The lowest BCUT2D eigenvalue weighted by Gasteiger charge is -2.09. The van der Waals surface area contributed by atoms with E-state index in [2.05, 4.69) is 5.32 Å². The number of carbonyl (C=O) groups excluding carboxylic acids is 1. The normalized spacial score (nSPS) is 9.95. The van der Waals surface area contributed by atoms with Gasteiger partial charge in [-0.05, 0) is 24.1 Å². The van der Waals surface area contributed by atoms with Gasteiger partial charge in [0.1, 0.15) is 5.75 Å². The Morgan fingerprint density at radius 1 is 1.37 bits per heavy atom. The van der Waals surface area contributed by atoms with Gasteiger partial charge in [-0.15, -0.1) is 0 Å². The second-order valence-corrected chi connectivity index (χ2v) is 4.04. The molecule has 0 unspecified atom stereocenters. The summed E-state index contributed by atoms with van der Waals surface area (Å²) in [5.41, 5.74) is 0.620. The van der Waals surface area contributed by atoms with Crippen LogP contribution in [0, 0.1) is 0 Å². The van der Waals surface area contributed by atoms with E-state index < -0.39 is 12.1 Å². The maximum Gasteiger partial charge on any atom is 0.411 e. The molecular formula is C13H17NO5. The average molecular weight is 267 g/mol. The molecule has 0 saturated heterocycles. The number of ether oxygens (including phenoxy) is 1. The number of rotatable bonds is 6. The number of carboxylic acids is 1. The van der Waals surface area contributed by atoms with Gasteiger partial charge in [-0.25, -0.2) is 4.79 Å². The fourth-order valence-electron chi connectivity index (χ4n) is 1.42. The predicted molar refractivity (Wildman–Crippen MR) is 69.3 cm³/mol. The SMILES string of the molecule is CCCCOC(=O)Nc1cc(CC(=O)O)ccc1O. The first kappa shape index (κ1) is 14.8. The van der Waals surface area contributed by atoms with E-state index in [0.717, 1.165) is 12.8 Å². The lowest BCUT2D eigenvalue weighted by atomic mass is 10.1. The third-order valence-corrected chi connectivity index (χ3v) is 2.38. The number of phenolic OH excluding ortho intramolecular Hbond substituents is 1. The van der Waals surface area contributed by atoms with Crippen LogP contribution < -0.4 is 5.32 Å². The Labute approximate surface area is 111 Å². The zero-order valence-corrected chi connectivity index (χ0v) is 10.7. The number of hydrogen-bond acceptors (Lipinski definition) is 4. The Balaban J connectivity index is 2.65. The first-order valence-electron chi connectivity index (χ1n) is 6.00. The van der Waals surface area contributed by atoms with E-state index in [0.29, 0.717) is 12.2 Å². The molecular weight excluding hydrogens is 250 g/mol. The second kappa shape index (κ2) is 7.25. The standard InChI is InChI=1S/C13H17NO5/c1-2-3-6-19-13(18)14-10-7-9(8-12(16)17)4-5-11(10)15/h4-5,7,15H,2-3,6,8H2,1H3,(H,14,18)(H,16,17).